The Morgan fingerprint density at radius 2 is 2.33 bits per heavy atom. The Hall–Kier alpha value is -1.73. The van der Waals surface area contributed by atoms with E-state index in [9.17, 15) is 4.79 Å². The van der Waals surface area contributed by atoms with E-state index in [1.54, 1.807) is 12.3 Å². The molecule has 21 heavy (non-hydrogen) atoms. The highest BCUT2D eigenvalue weighted by atomic mass is 32.1. The molecule has 6 nitrogen and oxygen atoms in total. The highest BCUT2D eigenvalue weighted by molar-refractivity contribution is 7.80. The molecule has 0 radical (unpaired) electrons. The lowest BCUT2D eigenvalue weighted by molar-refractivity contribution is -0.124. The molecule has 1 unspecified atom stereocenters. The second-order valence-corrected chi connectivity index (χ2v) is 5.75. The van der Waals surface area contributed by atoms with Crippen molar-refractivity contribution in [3.63, 3.8) is 0 Å². The maximum Gasteiger partial charge on any atom is 0.245 e. The van der Waals surface area contributed by atoms with Gasteiger partial charge in [-0.15, -0.1) is 0 Å². The molecule has 1 saturated carbocycles. The van der Waals surface area contributed by atoms with Crippen molar-refractivity contribution in [3.05, 3.63) is 23.9 Å². The minimum Gasteiger partial charge on any atom is -0.389 e. The number of ether oxygens (including phenoxy) is 1. The van der Waals surface area contributed by atoms with Gasteiger partial charge in [-0.25, -0.2) is 4.98 Å². The van der Waals surface area contributed by atoms with Gasteiger partial charge in [-0.2, -0.15) is 0 Å². The molecule has 2 heterocycles. The minimum absolute atomic E-state index is 0.0169. The molecule has 2 aliphatic rings. The number of carbonyl (C=O) groups excluding carboxylic acids is 1. The third-order valence-corrected chi connectivity index (χ3v) is 3.90. The summed E-state index contributed by atoms with van der Waals surface area (Å²) in [5.74, 6) is 0.640. The molecule has 1 aromatic heterocycles. The molecule has 0 bridgehead atoms. The van der Waals surface area contributed by atoms with Crippen LogP contribution in [0.1, 0.15) is 18.4 Å². The fourth-order valence-corrected chi connectivity index (χ4v) is 2.58. The van der Waals surface area contributed by atoms with Gasteiger partial charge in [0.25, 0.3) is 0 Å². The summed E-state index contributed by atoms with van der Waals surface area (Å²) < 4.78 is 5.46. The Labute approximate surface area is 128 Å². The maximum atomic E-state index is 12.4. The largest absolute Gasteiger partial charge is 0.389 e. The molecule has 1 atom stereocenters. The monoisotopic (exact) mass is 306 g/mol. The number of aromatic nitrogens is 1. The number of amides is 1. The quantitative estimate of drug-likeness (QED) is 0.774. The number of nitrogens with zero attached hydrogens (tertiary/aromatic N) is 2. The Morgan fingerprint density at radius 1 is 1.52 bits per heavy atom. The third-order valence-electron chi connectivity index (χ3n) is 3.68. The van der Waals surface area contributed by atoms with Gasteiger partial charge >= 0.3 is 0 Å². The van der Waals surface area contributed by atoms with Gasteiger partial charge in [-0.3, -0.25) is 4.79 Å². The lowest BCUT2D eigenvalue weighted by Crippen LogP contribution is -2.55. The smallest absolute Gasteiger partial charge is 0.245 e. The number of thiocarbonyl (C=S) groups is 1. The van der Waals surface area contributed by atoms with Crippen LogP contribution in [0.5, 0.6) is 0 Å². The number of carbonyl (C=O) groups is 1. The second kappa shape index (κ2) is 5.95. The number of morpholine rings is 1. The Morgan fingerprint density at radius 3 is 3.05 bits per heavy atom. The fraction of sp³-hybridized carbons (Fsp3) is 0.500. The molecule has 2 fully saturated rings. The first-order valence-corrected chi connectivity index (χ1v) is 7.47. The van der Waals surface area contributed by atoms with E-state index in [0.717, 1.165) is 12.8 Å². The molecular formula is C14H18N4O2S. The van der Waals surface area contributed by atoms with E-state index in [1.807, 2.05) is 11.0 Å². The molecule has 0 aromatic carbocycles. The van der Waals surface area contributed by atoms with E-state index in [0.29, 0.717) is 37.2 Å². The molecule has 1 aliphatic heterocycles. The highest BCUT2D eigenvalue weighted by Crippen LogP contribution is 2.24. The number of nitrogens with one attached hydrogen (secondary N) is 1. The zero-order chi connectivity index (χ0) is 14.8. The van der Waals surface area contributed by atoms with E-state index in [1.165, 1.54) is 0 Å². The van der Waals surface area contributed by atoms with Gasteiger partial charge in [0.2, 0.25) is 5.91 Å². The van der Waals surface area contributed by atoms with Crippen molar-refractivity contribution in [1.82, 2.24) is 10.3 Å². The highest BCUT2D eigenvalue weighted by Gasteiger charge is 2.34. The van der Waals surface area contributed by atoms with Crippen molar-refractivity contribution in [2.45, 2.75) is 24.9 Å². The Bertz CT molecular complexity index is 562. The zero-order valence-corrected chi connectivity index (χ0v) is 12.4. The van der Waals surface area contributed by atoms with E-state index in [-0.39, 0.29) is 16.9 Å². The summed E-state index contributed by atoms with van der Waals surface area (Å²) in [6, 6.07) is 3.55. The van der Waals surface area contributed by atoms with Crippen LogP contribution in [0.15, 0.2) is 18.3 Å². The molecule has 112 valence electrons. The first-order valence-electron chi connectivity index (χ1n) is 7.06. The summed E-state index contributed by atoms with van der Waals surface area (Å²) in [5, 5.41) is 3.02. The van der Waals surface area contributed by atoms with Gasteiger partial charge in [0.05, 0.1) is 18.8 Å². The molecule has 1 amide bonds. The number of rotatable bonds is 4. The molecule has 1 saturated heterocycles. The van der Waals surface area contributed by atoms with Crippen molar-refractivity contribution in [2.75, 3.05) is 24.7 Å². The van der Waals surface area contributed by atoms with Crippen LogP contribution in [0.4, 0.5) is 5.82 Å². The molecule has 1 aliphatic carbocycles. The number of pyridine rings is 1. The van der Waals surface area contributed by atoms with Crippen molar-refractivity contribution in [2.24, 2.45) is 5.73 Å². The lowest BCUT2D eigenvalue weighted by atomic mass is 10.1. The van der Waals surface area contributed by atoms with E-state index in [2.05, 4.69) is 10.3 Å². The SMILES string of the molecule is NC(=S)c1cccnc1N1CCOCC1C(=O)NC1CC1. The minimum atomic E-state index is -0.387. The summed E-state index contributed by atoms with van der Waals surface area (Å²) in [7, 11) is 0. The van der Waals surface area contributed by atoms with Gasteiger partial charge in [-0.1, -0.05) is 12.2 Å². The van der Waals surface area contributed by atoms with Gasteiger partial charge in [0, 0.05) is 18.8 Å². The number of nitrogens with two attached hydrogens (primary N) is 1. The number of anilines is 1. The van der Waals surface area contributed by atoms with Crippen molar-refractivity contribution >= 4 is 28.9 Å². The summed E-state index contributed by atoms with van der Waals surface area (Å²) in [4.78, 5) is 19.0. The zero-order valence-electron chi connectivity index (χ0n) is 11.6. The summed E-state index contributed by atoms with van der Waals surface area (Å²) in [6.07, 6.45) is 3.80. The van der Waals surface area contributed by atoms with Gasteiger partial charge in [0.15, 0.2) is 0 Å². The molecule has 1 aromatic rings. The lowest BCUT2D eigenvalue weighted by Gasteiger charge is -2.36. The molecule has 3 N–H and O–H groups in total. The van der Waals surface area contributed by atoms with Crippen LogP contribution < -0.4 is 16.0 Å². The predicted molar refractivity (Wildman–Crippen MR) is 83.2 cm³/mol. The van der Waals surface area contributed by atoms with Crippen molar-refractivity contribution in [1.29, 1.82) is 0 Å². The van der Waals surface area contributed by atoms with Crippen molar-refractivity contribution < 1.29 is 9.53 Å². The van der Waals surface area contributed by atoms with Crippen molar-refractivity contribution in [3.8, 4) is 0 Å². The van der Waals surface area contributed by atoms with Crippen LogP contribution in [0.3, 0.4) is 0 Å². The predicted octanol–water partition coefficient (Wildman–Crippen LogP) is 0.200. The van der Waals surface area contributed by atoms with E-state index in [4.69, 9.17) is 22.7 Å². The van der Waals surface area contributed by atoms with Crippen LogP contribution in [0.25, 0.3) is 0 Å². The van der Waals surface area contributed by atoms with Gasteiger partial charge < -0.3 is 20.7 Å². The second-order valence-electron chi connectivity index (χ2n) is 5.31. The van der Waals surface area contributed by atoms with Gasteiger partial charge in [-0.05, 0) is 25.0 Å². The van der Waals surface area contributed by atoms with Crippen LogP contribution in [0, 0.1) is 0 Å². The van der Waals surface area contributed by atoms with Crippen LogP contribution in [-0.4, -0.2) is 47.7 Å². The average molecular weight is 306 g/mol. The number of hydrogen-bond donors (Lipinski definition) is 2. The maximum absolute atomic E-state index is 12.4. The summed E-state index contributed by atoms with van der Waals surface area (Å²) in [6.45, 7) is 1.50. The molecular weight excluding hydrogens is 288 g/mol. The first kappa shape index (κ1) is 14.2. The molecule has 3 rings (SSSR count). The standard InChI is InChI=1S/C14H18N4O2S/c15-12(21)10-2-1-5-16-13(10)18-6-7-20-8-11(18)14(19)17-9-3-4-9/h1-2,5,9,11H,3-4,6-8H2,(H2,15,21)(H,17,19). The van der Waals surface area contributed by atoms with E-state index >= 15 is 0 Å². The van der Waals surface area contributed by atoms with Crippen LogP contribution >= 0.6 is 12.2 Å². The third kappa shape index (κ3) is 3.14. The first-order chi connectivity index (χ1) is 10.2. The van der Waals surface area contributed by atoms with E-state index < -0.39 is 0 Å². The molecule has 7 heteroatoms. The van der Waals surface area contributed by atoms with Gasteiger partial charge in [0.1, 0.15) is 16.8 Å². The number of hydrogen-bond acceptors (Lipinski definition) is 5. The average Bonchev–Trinajstić information content (AvgIpc) is 3.31. The fourth-order valence-electron chi connectivity index (χ4n) is 2.42. The summed E-state index contributed by atoms with van der Waals surface area (Å²) in [5.41, 5.74) is 6.46. The molecule has 0 spiro atoms. The van der Waals surface area contributed by atoms with Crippen LogP contribution in [-0.2, 0) is 9.53 Å². The topological polar surface area (TPSA) is 80.5 Å². The normalized spacial score (nSPS) is 21.9. The Balaban J connectivity index is 1.86. The van der Waals surface area contributed by atoms with Crippen LogP contribution in [0.2, 0.25) is 0 Å². The summed E-state index contributed by atoms with van der Waals surface area (Å²) >= 11 is 5.08. The Kier molecular flexibility index (Phi) is 4.03.